The van der Waals surface area contributed by atoms with Crippen LogP contribution in [0.4, 0.5) is 14.9 Å². The van der Waals surface area contributed by atoms with Crippen LogP contribution in [0.5, 0.6) is 5.75 Å². The van der Waals surface area contributed by atoms with E-state index in [-0.39, 0.29) is 18.0 Å². The fourth-order valence-electron chi connectivity index (χ4n) is 2.58. The third-order valence-electron chi connectivity index (χ3n) is 3.70. The van der Waals surface area contributed by atoms with E-state index < -0.39 is 5.63 Å². The van der Waals surface area contributed by atoms with Crippen molar-refractivity contribution in [2.75, 3.05) is 18.4 Å². The summed E-state index contributed by atoms with van der Waals surface area (Å²) >= 11 is 0. The third kappa shape index (κ3) is 3.92. The van der Waals surface area contributed by atoms with Crippen molar-refractivity contribution >= 4 is 11.7 Å². The number of ether oxygens (including phenoxy) is 1. The van der Waals surface area contributed by atoms with Gasteiger partial charge in [0.2, 0.25) is 0 Å². The Hall–Kier alpha value is -2.83. The van der Waals surface area contributed by atoms with Gasteiger partial charge in [0.05, 0.1) is 12.6 Å². The number of nitrogens with zero attached hydrogens (tertiary/aromatic N) is 1. The molecule has 3 rings (SSSR count). The van der Waals surface area contributed by atoms with Crippen molar-refractivity contribution in [3.8, 4) is 5.75 Å². The number of amides is 2. The molecule has 1 aromatic carbocycles. The lowest BCUT2D eigenvalue weighted by Crippen LogP contribution is -2.34. The van der Waals surface area contributed by atoms with Gasteiger partial charge in [-0.2, -0.15) is 0 Å². The number of nitrogens with one attached hydrogen (secondary N) is 1. The maximum Gasteiger partial charge on any atom is 0.339 e. The molecule has 2 aromatic rings. The first-order valence-corrected chi connectivity index (χ1v) is 7.59. The van der Waals surface area contributed by atoms with Gasteiger partial charge in [0, 0.05) is 24.7 Å². The van der Waals surface area contributed by atoms with Gasteiger partial charge in [-0.05, 0) is 31.2 Å². The Morgan fingerprint density at radius 2 is 2.08 bits per heavy atom. The smallest absolute Gasteiger partial charge is 0.339 e. The van der Waals surface area contributed by atoms with Crippen LogP contribution in [0.3, 0.4) is 0 Å². The molecular weight excluding hydrogens is 315 g/mol. The topological polar surface area (TPSA) is 71.8 Å². The zero-order valence-electron chi connectivity index (χ0n) is 13.1. The Balaban J connectivity index is 1.57. The SMILES string of the molecule is Cc1cc(OC2CCN(C(=O)Nc3ccc(F)cc3)C2)cc(=O)o1. The Kier molecular flexibility index (Phi) is 4.50. The van der Waals surface area contributed by atoms with E-state index in [0.717, 1.165) is 0 Å². The first-order chi connectivity index (χ1) is 11.5. The van der Waals surface area contributed by atoms with Gasteiger partial charge in [-0.25, -0.2) is 14.0 Å². The molecular formula is C17H17FN2O4. The number of carbonyl (C=O) groups excluding carboxylic acids is 1. The van der Waals surface area contributed by atoms with Gasteiger partial charge in [0.1, 0.15) is 23.4 Å². The standard InChI is InChI=1S/C17H17FN2O4/c1-11-8-15(9-16(21)23-11)24-14-6-7-20(10-14)17(22)19-13-4-2-12(18)3-5-13/h2-5,8-9,14H,6-7,10H2,1H3,(H,19,22). The maximum atomic E-state index is 12.9. The molecule has 1 unspecified atom stereocenters. The Bertz CT molecular complexity index is 788. The van der Waals surface area contributed by atoms with Gasteiger partial charge in [0.25, 0.3) is 0 Å². The zero-order chi connectivity index (χ0) is 17.1. The van der Waals surface area contributed by atoms with Crippen LogP contribution in [0.1, 0.15) is 12.2 Å². The van der Waals surface area contributed by atoms with Gasteiger partial charge in [-0.15, -0.1) is 0 Å². The van der Waals surface area contributed by atoms with Crippen LogP contribution >= 0.6 is 0 Å². The van der Waals surface area contributed by atoms with E-state index in [0.29, 0.717) is 36.7 Å². The summed E-state index contributed by atoms with van der Waals surface area (Å²) in [6.45, 7) is 2.62. The van der Waals surface area contributed by atoms with Crippen LogP contribution in [-0.2, 0) is 0 Å². The summed E-state index contributed by atoms with van der Waals surface area (Å²) in [5.74, 6) is 0.557. The predicted molar refractivity (Wildman–Crippen MR) is 85.7 cm³/mol. The van der Waals surface area contributed by atoms with Crippen LogP contribution in [0.15, 0.2) is 45.6 Å². The average Bonchev–Trinajstić information content (AvgIpc) is 2.97. The molecule has 1 atom stereocenters. The highest BCUT2D eigenvalue weighted by atomic mass is 19.1. The van der Waals surface area contributed by atoms with Crippen LogP contribution in [0, 0.1) is 12.7 Å². The van der Waals surface area contributed by atoms with Crippen LogP contribution in [-0.4, -0.2) is 30.1 Å². The van der Waals surface area contributed by atoms with Crippen molar-refractivity contribution in [1.29, 1.82) is 0 Å². The van der Waals surface area contributed by atoms with Crippen LogP contribution in [0.25, 0.3) is 0 Å². The summed E-state index contributed by atoms with van der Waals surface area (Å²) in [4.78, 5) is 25.2. The number of hydrogen-bond donors (Lipinski definition) is 1. The second-order valence-electron chi connectivity index (χ2n) is 5.63. The van der Waals surface area contributed by atoms with Gasteiger partial charge in [-0.1, -0.05) is 0 Å². The molecule has 1 saturated heterocycles. The largest absolute Gasteiger partial charge is 0.488 e. The lowest BCUT2D eigenvalue weighted by Gasteiger charge is -2.18. The highest BCUT2D eigenvalue weighted by molar-refractivity contribution is 5.89. The van der Waals surface area contributed by atoms with Crippen LogP contribution in [0.2, 0.25) is 0 Å². The first kappa shape index (κ1) is 16.0. The van der Waals surface area contributed by atoms with Crippen molar-refractivity contribution in [2.45, 2.75) is 19.4 Å². The highest BCUT2D eigenvalue weighted by Crippen LogP contribution is 2.19. The molecule has 24 heavy (non-hydrogen) atoms. The number of rotatable bonds is 3. The number of hydrogen-bond acceptors (Lipinski definition) is 4. The number of aryl methyl sites for hydroxylation is 1. The highest BCUT2D eigenvalue weighted by Gasteiger charge is 2.27. The number of likely N-dealkylation sites (tertiary alicyclic amines) is 1. The van der Waals surface area contributed by atoms with Crippen molar-refractivity contribution in [1.82, 2.24) is 4.90 Å². The molecule has 1 aromatic heterocycles. The lowest BCUT2D eigenvalue weighted by atomic mass is 10.3. The predicted octanol–water partition coefficient (Wildman–Crippen LogP) is 2.77. The number of benzene rings is 1. The summed E-state index contributed by atoms with van der Waals surface area (Å²) in [6, 6.07) is 8.24. The molecule has 126 valence electrons. The van der Waals surface area contributed by atoms with E-state index in [9.17, 15) is 14.0 Å². The normalized spacial score (nSPS) is 16.9. The molecule has 1 fully saturated rings. The number of urea groups is 1. The summed E-state index contributed by atoms with van der Waals surface area (Å²) < 4.78 is 23.5. The summed E-state index contributed by atoms with van der Waals surface area (Å²) in [6.07, 6.45) is 0.473. The van der Waals surface area contributed by atoms with Crippen molar-refractivity contribution in [3.05, 3.63) is 58.4 Å². The van der Waals surface area contributed by atoms with Gasteiger partial charge < -0.3 is 19.4 Å². The van der Waals surface area contributed by atoms with Crippen LogP contribution < -0.4 is 15.7 Å². The van der Waals surface area contributed by atoms with E-state index in [1.165, 1.54) is 30.3 Å². The molecule has 0 aliphatic carbocycles. The monoisotopic (exact) mass is 332 g/mol. The molecule has 1 N–H and O–H groups in total. The summed E-state index contributed by atoms with van der Waals surface area (Å²) in [5.41, 5.74) is 0.0657. The van der Waals surface area contributed by atoms with Gasteiger partial charge in [-0.3, -0.25) is 0 Å². The van der Waals surface area contributed by atoms with E-state index >= 15 is 0 Å². The van der Waals surface area contributed by atoms with Crippen molar-refractivity contribution in [3.63, 3.8) is 0 Å². The van der Waals surface area contributed by atoms with E-state index in [4.69, 9.17) is 9.15 Å². The molecule has 0 radical (unpaired) electrons. The minimum absolute atomic E-state index is 0.190. The van der Waals surface area contributed by atoms with Gasteiger partial charge >= 0.3 is 11.7 Å². The molecule has 7 heteroatoms. The molecule has 0 spiro atoms. The van der Waals surface area contributed by atoms with E-state index in [1.807, 2.05) is 0 Å². The summed E-state index contributed by atoms with van der Waals surface area (Å²) in [5, 5.41) is 2.71. The maximum absolute atomic E-state index is 12.9. The molecule has 6 nitrogen and oxygen atoms in total. The second kappa shape index (κ2) is 6.74. The Labute approximate surface area is 137 Å². The molecule has 1 aliphatic rings. The number of anilines is 1. The lowest BCUT2D eigenvalue weighted by molar-refractivity contribution is 0.193. The quantitative estimate of drug-likeness (QED) is 0.938. The number of carbonyl (C=O) groups is 1. The first-order valence-electron chi connectivity index (χ1n) is 7.59. The molecule has 0 saturated carbocycles. The number of halogens is 1. The minimum Gasteiger partial charge on any atom is -0.488 e. The van der Waals surface area contributed by atoms with Gasteiger partial charge in [0.15, 0.2) is 0 Å². The average molecular weight is 332 g/mol. The Morgan fingerprint density at radius 1 is 1.33 bits per heavy atom. The van der Waals surface area contributed by atoms with E-state index in [2.05, 4.69) is 5.32 Å². The third-order valence-corrected chi connectivity index (χ3v) is 3.70. The van der Waals surface area contributed by atoms with E-state index in [1.54, 1.807) is 17.9 Å². The summed E-state index contributed by atoms with van der Waals surface area (Å²) in [7, 11) is 0. The second-order valence-corrected chi connectivity index (χ2v) is 5.63. The minimum atomic E-state index is -0.464. The van der Waals surface area contributed by atoms with Crippen molar-refractivity contribution < 1.29 is 18.3 Å². The molecule has 1 aliphatic heterocycles. The van der Waals surface area contributed by atoms with Crippen molar-refractivity contribution in [2.24, 2.45) is 0 Å². The fourth-order valence-corrected chi connectivity index (χ4v) is 2.58. The zero-order valence-corrected chi connectivity index (χ0v) is 13.1. The molecule has 2 amide bonds. The fraction of sp³-hybridized carbons (Fsp3) is 0.294. The molecule has 0 bridgehead atoms. The Morgan fingerprint density at radius 3 is 2.79 bits per heavy atom. The molecule has 2 heterocycles.